The number of rotatable bonds is 4. The first kappa shape index (κ1) is 26.0. The van der Waals surface area contributed by atoms with Gasteiger partial charge in [-0.1, -0.05) is 60.7 Å². The van der Waals surface area contributed by atoms with E-state index in [0.717, 1.165) is 31.2 Å². The van der Waals surface area contributed by atoms with Crippen molar-refractivity contribution < 1.29 is 27.5 Å². The Morgan fingerprint density at radius 2 is 1.47 bits per heavy atom. The Labute approximate surface area is 251 Å². The number of esters is 2. The van der Waals surface area contributed by atoms with Gasteiger partial charge in [0.05, 0.1) is 23.1 Å². The normalized spacial score (nSPS) is 35.1. The van der Waals surface area contributed by atoms with Crippen LogP contribution in [0.15, 0.2) is 66.7 Å². The second-order valence-corrected chi connectivity index (χ2v) is 15.2. The molecule has 0 amide bonds. The maximum Gasteiger partial charge on any atom is 0.316 e. The van der Waals surface area contributed by atoms with Crippen LogP contribution in [-0.2, 0) is 37.2 Å². The van der Waals surface area contributed by atoms with Crippen LogP contribution in [0.4, 0.5) is 0 Å². The van der Waals surface area contributed by atoms with E-state index in [2.05, 4.69) is 47.2 Å². The highest BCUT2D eigenvalue weighted by Crippen LogP contribution is 2.58. The van der Waals surface area contributed by atoms with Crippen molar-refractivity contribution in [3.05, 3.63) is 100 Å². The van der Waals surface area contributed by atoms with Gasteiger partial charge in [-0.05, 0) is 83.9 Å². The van der Waals surface area contributed by atoms with Gasteiger partial charge in [0.1, 0.15) is 11.9 Å². The Hall–Kier alpha value is -3.49. The van der Waals surface area contributed by atoms with Gasteiger partial charge in [0.25, 0.3) is 0 Å². The third-order valence-corrected chi connectivity index (χ3v) is 13.3. The molecule has 1 heterocycles. The number of benzene rings is 3. The molecular weight excluding hydrogens is 562 g/mol. The van der Waals surface area contributed by atoms with Gasteiger partial charge in [-0.15, -0.1) is 0 Å². The van der Waals surface area contributed by atoms with Gasteiger partial charge in [0, 0.05) is 17.8 Å². The van der Waals surface area contributed by atoms with E-state index in [1.54, 1.807) is 0 Å². The molecule has 0 aromatic heterocycles. The van der Waals surface area contributed by atoms with Crippen LogP contribution in [-0.4, -0.2) is 37.8 Å². The minimum absolute atomic E-state index is 0.110. The summed E-state index contributed by atoms with van der Waals surface area (Å²) in [5.74, 6) is -2.21. The molecule has 6 aliphatic carbocycles. The molecule has 43 heavy (non-hydrogen) atoms. The van der Waals surface area contributed by atoms with Crippen LogP contribution in [0.2, 0.25) is 0 Å². The van der Waals surface area contributed by atoms with Crippen LogP contribution in [0.5, 0.6) is 5.75 Å². The van der Waals surface area contributed by atoms with E-state index in [4.69, 9.17) is 9.47 Å². The summed E-state index contributed by atoms with van der Waals surface area (Å²) >= 11 is 0. The van der Waals surface area contributed by atoms with Crippen LogP contribution in [0, 0.1) is 23.7 Å². The number of hydrogen-bond donors (Lipinski definition) is 1. The summed E-state index contributed by atoms with van der Waals surface area (Å²) in [5, 5.41) is -0.853. The molecule has 3 aromatic rings. The summed E-state index contributed by atoms with van der Waals surface area (Å²) in [6.07, 6.45) is 4.42. The molecule has 1 N–H and O–H groups in total. The molecule has 2 saturated carbocycles. The first-order chi connectivity index (χ1) is 20.9. The average molecular weight is 596 g/mol. The van der Waals surface area contributed by atoms with E-state index in [-0.39, 0.29) is 29.6 Å². The number of hydrogen-bond acceptors (Lipinski definition) is 6. The highest BCUT2D eigenvalue weighted by atomic mass is 32.2. The maximum atomic E-state index is 14.1. The lowest BCUT2D eigenvalue weighted by atomic mass is 9.59. The van der Waals surface area contributed by atoms with Crippen molar-refractivity contribution in [2.45, 2.75) is 67.8 Å². The smallest absolute Gasteiger partial charge is 0.316 e. The summed E-state index contributed by atoms with van der Waals surface area (Å²) in [7, 11) is -3.76. The summed E-state index contributed by atoms with van der Waals surface area (Å²) in [6.45, 7) is 0. The predicted octanol–water partition coefficient (Wildman–Crippen LogP) is 4.62. The standard InChI is InChI=1S/C35H33NO6S/c37-34(26-16-24-20-11-3-5-13-22(20)29(26)23-14-6-4-12-21(23)24)42-32-25-17-27-31(32)36-43(39,40)33(27)30(25)35(38)41-28-15-7-9-18-8-1-2-10-19(18)28/h3-7,9,11-15,24-27,29-33,36H,1-2,8,10,16-17H2. The van der Waals surface area contributed by atoms with Gasteiger partial charge in [-0.3, -0.25) is 9.59 Å². The highest BCUT2D eigenvalue weighted by Gasteiger charge is 2.71. The Bertz CT molecular complexity index is 1750. The van der Waals surface area contributed by atoms with Crippen LogP contribution in [0.3, 0.4) is 0 Å². The zero-order valence-corrected chi connectivity index (χ0v) is 24.5. The Balaban J connectivity index is 1.02. The van der Waals surface area contributed by atoms with Crippen LogP contribution in [0.25, 0.3) is 0 Å². The molecule has 7 nitrogen and oxygen atoms in total. The number of carbonyl (C=O) groups excluding carboxylic acids is 2. The van der Waals surface area contributed by atoms with Gasteiger partial charge in [-0.25, -0.2) is 13.1 Å². The predicted molar refractivity (Wildman–Crippen MR) is 158 cm³/mol. The van der Waals surface area contributed by atoms with E-state index < -0.39 is 45.2 Å². The van der Waals surface area contributed by atoms with Gasteiger partial charge < -0.3 is 9.47 Å². The van der Waals surface area contributed by atoms with Crippen molar-refractivity contribution in [1.82, 2.24) is 4.72 Å². The maximum absolute atomic E-state index is 14.1. The molecule has 3 aromatic carbocycles. The molecule has 7 atom stereocenters. The minimum Gasteiger partial charge on any atom is -0.460 e. The fourth-order valence-corrected chi connectivity index (χ4v) is 12.0. The lowest BCUT2D eigenvalue weighted by Crippen LogP contribution is -2.49. The van der Waals surface area contributed by atoms with Crippen molar-refractivity contribution in [2.75, 3.05) is 0 Å². The molecule has 8 heteroatoms. The molecule has 7 aliphatic rings. The lowest BCUT2D eigenvalue weighted by Gasteiger charge is -2.45. The first-order valence-electron chi connectivity index (χ1n) is 15.6. The van der Waals surface area contributed by atoms with Gasteiger partial charge in [-0.2, -0.15) is 0 Å². The third-order valence-electron chi connectivity index (χ3n) is 11.4. The van der Waals surface area contributed by atoms with Crippen molar-refractivity contribution in [2.24, 2.45) is 23.7 Å². The van der Waals surface area contributed by atoms with Gasteiger partial charge in [0.2, 0.25) is 10.0 Å². The van der Waals surface area contributed by atoms with E-state index in [1.165, 1.54) is 27.8 Å². The van der Waals surface area contributed by atoms with Gasteiger partial charge >= 0.3 is 11.9 Å². The summed E-state index contributed by atoms with van der Waals surface area (Å²) in [4.78, 5) is 27.9. The summed E-state index contributed by atoms with van der Waals surface area (Å²) < 4.78 is 41.8. The monoisotopic (exact) mass is 595 g/mol. The molecule has 220 valence electrons. The quantitative estimate of drug-likeness (QED) is 0.349. The topological polar surface area (TPSA) is 98.8 Å². The molecule has 10 rings (SSSR count). The second-order valence-electron chi connectivity index (χ2n) is 13.3. The summed E-state index contributed by atoms with van der Waals surface area (Å²) in [5.41, 5.74) is 7.12. The van der Waals surface area contributed by atoms with E-state index >= 15 is 0 Å². The molecule has 0 spiro atoms. The minimum atomic E-state index is -3.76. The Morgan fingerprint density at radius 3 is 2.21 bits per heavy atom. The average Bonchev–Trinajstić information content (AvgIpc) is 3.64. The number of ether oxygens (including phenoxy) is 2. The van der Waals surface area contributed by atoms with Gasteiger partial charge in [0.15, 0.2) is 0 Å². The zero-order valence-electron chi connectivity index (χ0n) is 23.6. The number of nitrogens with one attached hydrogen (secondary N) is 1. The number of fused-ring (bicyclic) bond motifs is 3. The van der Waals surface area contributed by atoms with Crippen LogP contribution >= 0.6 is 0 Å². The number of aryl methyl sites for hydroxylation is 1. The first-order valence-corrected chi connectivity index (χ1v) is 17.2. The molecule has 1 saturated heterocycles. The fourth-order valence-electron chi connectivity index (χ4n) is 9.73. The molecule has 3 fully saturated rings. The third kappa shape index (κ3) is 3.65. The summed E-state index contributed by atoms with van der Waals surface area (Å²) in [6, 6.07) is 22.0. The largest absolute Gasteiger partial charge is 0.460 e. The molecule has 1 aliphatic heterocycles. The van der Waals surface area contributed by atoms with Crippen LogP contribution < -0.4 is 9.46 Å². The van der Waals surface area contributed by atoms with E-state index in [1.807, 2.05) is 24.3 Å². The molecule has 0 radical (unpaired) electrons. The fraction of sp³-hybridized carbons (Fsp3) is 0.429. The Morgan fingerprint density at radius 1 is 0.767 bits per heavy atom. The number of sulfonamides is 1. The van der Waals surface area contributed by atoms with E-state index in [9.17, 15) is 18.0 Å². The Kier molecular flexibility index (Phi) is 5.59. The van der Waals surface area contributed by atoms with Crippen LogP contribution in [0.1, 0.15) is 70.9 Å². The van der Waals surface area contributed by atoms with E-state index in [0.29, 0.717) is 18.6 Å². The van der Waals surface area contributed by atoms with Crippen molar-refractivity contribution in [1.29, 1.82) is 0 Å². The van der Waals surface area contributed by atoms with Crippen molar-refractivity contribution >= 4 is 22.0 Å². The second kappa shape index (κ2) is 9.26. The molecule has 4 bridgehead atoms. The SMILES string of the molecule is O=C(OC1C2CC3C1NS(=O)(=O)C3C2C(=O)Oc1cccc2c1CCCC2)C1CC2c3ccccc3C1c1ccccc12. The lowest BCUT2D eigenvalue weighted by molar-refractivity contribution is -0.162. The number of carbonyl (C=O) groups is 2. The van der Waals surface area contributed by atoms with Crippen molar-refractivity contribution in [3.63, 3.8) is 0 Å². The molecule has 7 unspecified atom stereocenters. The highest BCUT2D eigenvalue weighted by molar-refractivity contribution is 7.90. The zero-order chi connectivity index (χ0) is 29.0. The molecular formula is C35H33NO6S. The van der Waals surface area contributed by atoms with Crippen molar-refractivity contribution in [3.8, 4) is 5.75 Å².